The first kappa shape index (κ1) is 22.3. The van der Waals surface area contributed by atoms with Gasteiger partial charge in [0.2, 0.25) is 0 Å². The minimum Gasteiger partial charge on any atom is -0.475 e. The first-order valence-corrected chi connectivity index (χ1v) is 9.78. The Morgan fingerprint density at radius 3 is 2.57 bits per heavy atom. The second-order valence-electron chi connectivity index (χ2n) is 7.84. The van der Waals surface area contributed by atoms with Crippen LogP contribution in [-0.2, 0) is 36.2 Å². The van der Waals surface area contributed by atoms with Crippen LogP contribution in [-0.4, -0.2) is 61.2 Å². The highest BCUT2D eigenvalue weighted by Crippen LogP contribution is 2.29. The van der Waals surface area contributed by atoms with Gasteiger partial charge in [0.25, 0.3) is 0 Å². The Morgan fingerprint density at radius 2 is 1.97 bits per heavy atom. The van der Waals surface area contributed by atoms with Gasteiger partial charge in [-0.05, 0) is 18.8 Å². The van der Waals surface area contributed by atoms with E-state index < -0.39 is 12.1 Å². The number of ether oxygens (including phenoxy) is 1. The lowest BCUT2D eigenvalue weighted by molar-refractivity contribution is -0.192. The number of fused-ring (bicyclic) bond motifs is 1. The average molecular weight is 429 g/mol. The SMILES string of the molecule is Cn1cc(CN2Cc3nccn3CC(COCC3CC3)C2)cn1.O=C(O)C(F)(F)F. The number of rotatable bonds is 6. The van der Waals surface area contributed by atoms with Gasteiger partial charge in [0.1, 0.15) is 5.82 Å². The van der Waals surface area contributed by atoms with Crippen LogP contribution in [0.2, 0.25) is 0 Å². The number of aromatic nitrogens is 4. The monoisotopic (exact) mass is 429 g/mol. The van der Waals surface area contributed by atoms with Gasteiger partial charge in [0.05, 0.1) is 19.3 Å². The number of hydrogen-bond acceptors (Lipinski definition) is 5. The summed E-state index contributed by atoms with van der Waals surface area (Å²) in [6.45, 7) is 5.64. The van der Waals surface area contributed by atoms with Crippen LogP contribution in [0.4, 0.5) is 13.2 Å². The van der Waals surface area contributed by atoms with Gasteiger partial charge in [0, 0.05) is 63.4 Å². The standard InChI is InChI=1S/C17H25N5O.C2HF3O2/c1-20-7-15(6-19-20)8-21-9-16(13-23-12-14-2-3-14)10-22-5-4-18-17(22)11-21;3-2(4,5)1(6)7/h4-7,14,16H,2-3,8-13H2,1H3;(H,6,7). The maximum atomic E-state index is 10.6. The number of hydrogen-bond donors (Lipinski definition) is 1. The van der Waals surface area contributed by atoms with E-state index in [-0.39, 0.29) is 0 Å². The molecule has 1 aliphatic carbocycles. The maximum absolute atomic E-state index is 10.6. The van der Waals surface area contributed by atoms with Gasteiger partial charge >= 0.3 is 12.1 Å². The number of imidazole rings is 1. The van der Waals surface area contributed by atoms with Crippen LogP contribution < -0.4 is 0 Å². The van der Waals surface area contributed by atoms with E-state index in [1.165, 1.54) is 18.4 Å². The van der Waals surface area contributed by atoms with Crippen LogP contribution in [0.15, 0.2) is 24.8 Å². The molecule has 1 fully saturated rings. The molecule has 0 amide bonds. The van der Waals surface area contributed by atoms with Crippen molar-refractivity contribution in [3.05, 3.63) is 36.2 Å². The molecular weight excluding hydrogens is 403 g/mol. The zero-order valence-corrected chi connectivity index (χ0v) is 16.8. The predicted molar refractivity (Wildman–Crippen MR) is 100 cm³/mol. The van der Waals surface area contributed by atoms with Gasteiger partial charge in [-0.25, -0.2) is 9.78 Å². The van der Waals surface area contributed by atoms with E-state index in [2.05, 4.69) is 31.9 Å². The largest absolute Gasteiger partial charge is 0.490 e. The van der Waals surface area contributed by atoms with Crippen molar-refractivity contribution in [2.24, 2.45) is 18.9 Å². The molecule has 0 saturated heterocycles. The Balaban J connectivity index is 0.000000318. The number of carboxylic acids is 1. The van der Waals surface area contributed by atoms with Crippen LogP contribution in [0.25, 0.3) is 0 Å². The maximum Gasteiger partial charge on any atom is 0.490 e. The predicted octanol–water partition coefficient (Wildman–Crippen LogP) is 2.31. The lowest BCUT2D eigenvalue weighted by atomic mass is 10.1. The van der Waals surface area contributed by atoms with Gasteiger partial charge in [-0.2, -0.15) is 18.3 Å². The highest BCUT2D eigenvalue weighted by Gasteiger charge is 2.38. The van der Waals surface area contributed by atoms with Crippen molar-refractivity contribution >= 4 is 5.97 Å². The van der Waals surface area contributed by atoms with E-state index in [1.807, 2.05) is 24.1 Å². The third kappa shape index (κ3) is 6.84. The lowest BCUT2D eigenvalue weighted by Gasteiger charge is -2.23. The molecule has 1 saturated carbocycles. The topological polar surface area (TPSA) is 85.4 Å². The third-order valence-electron chi connectivity index (χ3n) is 4.95. The van der Waals surface area contributed by atoms with Crippen LogP contribution in [0.3, 0.4) is 0 Å². The molecule has 0 bridgehead atoms. The number of aliphatic carboxylic acids is 1. The number of carbonyl (C=O) groups is 1. The normalized spacial score (nSPS) is 19.5. The molecule has 166 valence electrons. The van der Waals surface area contributed by atoms with Crippen molar-refractivity contribution in [2.45, 2.75) is 38.7 Å². The molecule has 2 aliphatic rings. The van der Waals surface area contributed by atoms with Crippen molar-refractivity contribution in [3.8, 4) is 0 Å². The highest BCUT2D eigenvalue weighted by molar-refractivity contribution is 5.73. The summed E-state index contributed by atoms with van der Waals surface area (Å²) in [5, 5.41) is 11.4. The molecule has 4 rings (SSSR count). The third-order valence-corrected chi connectivity index (χ3v) is 4.95. The van der Waals surface area contributed by atoms with Gasteiger partial charge in [-0.3, -0.25) is 9.58 Å². The second kappa shape index (κ2) is 9.61. The summed E-state index contributed by atoms with van der Waals surface area (Å²) in [4.78, 5) is 15.9. The zero-order chi connectivity index (χ0) is 21.7. The molecule has 1 aliphatic heterocycles. The first-order chi connectivity index (χ1) is 14.2. The molecule has 2 aromatic rings. The van der Waals surface area contributed by atoms with Crippen LogP contribution >= 0.6 is 0 Å². The molecule has 1 atom stereocenters. The summed E-state index contributed by atoms with van der Waals surface area (Å²) in [6, 6.07) is 0. The van der Waals surface area contributed by atoms with Crippen molar-refractivity contribution in [1.82, 2.24) is 24.2 Å². The quantitative estimate of drug-likeness (QED) is 0.759. The first-order valence-electron chi connectivity index (χ1n) is 9.78. The van der Waals surface area contributed by atoms with Crippen molar-refractivity contribution in [1.29, 1.82) is 0 Å². The van der Waals surface area contributed by atoms with Gasteiger partial charge < -0.3 is 14.4 Å². The molecule has 0 aromatic carbocycles. The highest BCUT2D eigenvalue weighted by atomic mass is 19.4. The van der Waals surface area contributed by atoms with Crippen LogP contribution in [0.5, 0.6) is 0 Å². The van der Waals surface area contributed by atoms with E-state index >= 15 is 0 Å². The fourth-order valence-electron chi connectivity index (χ4n) is 3.35. The van der Waals surface area contributed by atoms with E-state index in [0.717, 1.165) is 51.1 Å². The molecule has 11 heteroatoms. The van der Waals surface area contributed by atoms with Gasteiger partial charge in [-0.15, -0.1) is 0 Å². The number of nitrogens with zero attached hydrogens (tertiary/aromatic N) is 5. The number of aryl methyl sites for hydroxylation is 1. The average Bonchev–Trinajstić information content (AvgIpc) is 3.29. The van der Waals surface area contributed by atoms with Crippen LogP contribution in [0.1, 0.15) is 24.2 Å². The summed E-state index contributed by atoms with van der Waals surface area (Å²) in [7, 11) is 1.97. The Bertz CT molecular complexity index is 831. The van der Waals surface area contributed by atoms with E-state index in [9.17, 15) is 13.2 Å². The van der Waals surface area contributed by atoms with Crippen molar-refractivity contribution in [3.63, 3.8) is 0 Å². The Hall–Kier alpha value is -2.40. The van der Waals surface area contributed by atoms with E-state index in [4.69, 9.17) is 14.6 Å². The van der Waals surface area contributed by atoms with Crippen LogP contribution in [0, 0.1) is 11.8 Å². The smallest absolute Gasteiger partial charge is 0.475 e. The Kier molecular flexibility index (Phi) is 7.14. The van der Waals surface area contributed by atoms with Crippen molar-refractivity contribution in [2.75, 3.05) is 19.8 Å². The fourth-order valence-corrected chi connectivity index (χ4v) is 3.35. The molecule has 1 N–H and O–H groups in total. The summed E-state index contributed by atoms with van der Waals surface area (Å²) in [6.07, 6.45) is 5.67. The fraction of sp³-hybridized carbons (Fsp3) is 0.632. The minimum absolute atomic E-state index is 0.515. The summed E-state index contributed by atoms with van der Waals surface area (Å²) < 4.78 is 41.9. The van der Waals surface area contributed by atoms with Gasteiger partial charge in [0.15, 0.2) is 0 Å². The van der Waals surface area contributed by atoms with Gasteiger partial charge in [-0.1, -0.05) is 0 Å². The minimum atomic E-state index is -5.08. The number of carboxylic acid groups (broad SMARTS) is 1. The number of alkyl halides is 3. The Labute approximate surface area is 172 Å². The molecule has 1 unspecified atom stereocenters. The lowest BCUT2D eigenvalue weighted by Crippen LogP contribution is -2.30. The zero-order valence-electron chi connectivity index (χ0n) is 16.8. The summed E-state index contributed by atoms with van der Waals surface area (Å²) in [5.74, 6) is -0.261. The summed E-state index contributed by atoms with van der Waals surface area (Å²) >= 11 is 0. The summed E-state index contributed by atoms with van der Waals surface area (Å²) in [5.41, 5.74) is 1.25. The number of halogens is 3. The van der Waals surface area contributed by atoms with E-state index in [0.29, 0.717) is 5.92 Å². The second-order valence-corrected chi connectivity index (χ2v) is 7.84. The molecule has 2 aromatic heterocycles. The molecule has 0 spiro atoms. The molecule has 8 nitrogen and oxygen atoms in total. The molecule has 0 radical (unpaired) electrons. The Morgan fingerprint density at radius 1 is 1.27 bits per heavy atom. The van der Waals surface area contributed by atoms with Crippen molar-refractivity contribution < 1.29 is 27.8 Å². The molecule has 3 heterocycles. The molecule has 30 heavy (non-hydrogen) atoms. The molecular formula is C19H26F3N5O3. The van der Waals surface area contributed by atoms with E-state index in [1.54, 1.807) is 0 Å².